The maximum absolute atomic E-state index is 10.4. The molecule has 0 amide bonds. The second-order valence-electron chi connectivity index (χ2n) is 2.21. The minimum atomic E-state index is -1.08. The Bertz CT molecular complexity index is 303. The maximum Gasteiger partial charge on any atom is 0.326 e. The summed E-state index contributed by atoms with van der Waals surface area (Å²) in [5.41, 5.74) is 5.67. The van der Waals surface area contributed by atoms with Crippen molar-refractivity contribution in [3.05, 3.63) is 28.5 Å². The van der Waals surface area contributed by atoms with Crippen LogP contribution in [0.15, 0.2) is 22.8 Å². The number of carbonyl (C=O) groups is 1. The van der Waals surface area contributed by atoms with E-state index >= 15 is 0 Å². The van der Waals surface area contributed by atoms with Gasteiger partial charge in [0.05, 0.1) is 5.69 Å². The third kappa shape index (κ3) is 2.02. The van der Waals surface area contributed by atoms with E-state index in [1.807, 2.05) is 0 Å². The van der Waals surface area contributed by atoms with E-state index in [0.29, 0.717) is 5.69 Å². The van der Waals surface area contributed by atoms with Gasteiger partial charge in [-0.25, -0.2) is 0 Å². The molecule has 64 valence electrons. The molecule has 0 aliphatic carbocycles. The third-order valence-corrected chi connectivity index (χ3v) is 1.82. The van der Waals surface area contributed by atoms with Crippen LogP contribution in [0.5, 0.6) is 0 Å². The molecule has 1 heterocycles. The van der Waals surface area contributed by atoms with E-state index in [4.69, 9.17) is 10.8 Å². The summed E-state index contributed by atoms with van der Waals surface area (Å²) in [5, 5.41) is 8.55. The molecule has 5 heteroatoms. The van der Waals surface area contributed by atoms with Crippen molar-refractivity contribution < 1.29 is 9.90 Å². The molecule has 0 aliphatic heterocycles. The number of rotatable bonds is 2. The summed E-state index contributed by atoms with van der Waals surface area (Å²) in [6, 6.07) is 2.24. The van der Waals surface area contributed by atoms with Crippen LogP contribution >= 0.6 is 15.9 Å². The first kappa shape index (κ1) is 9.15. The summed E-state index contributed by atoms with van der Waals surface area (Å²) in [5.74, 6) is -1.08. The summed E-state index contributed by atoms with van der Waals surface area (Å²) in [6.45, 7) is 0. The lowest BCUT2D eigenvalue weighted by Gasteiger charge is -2.04. The van der Waals surface area contributed by atoms with E-state index in [1.165, 1.54) is 6.20 Å². The molecular formula is C7H7BrN2O2. The van der Waals surface area contributed by atoms with E-state index in [-0.39, 0.29) is 0 Å². The number of nitrogens with two attached hydrogens (primary N) is 1. The van der Waals surface area contributed by atoms with Crippen LogP contribution in [0.4, 0.5) is 0 Å². The zero-order valence-electron chi connectivity index (χ0n) is 6.07. The van der Waals surface area contributed by atoms with Crippen LogP contribution in [0.3, 0.4) is 0 Å². The van der Waals surface area contributed by atoms with Gasteiger partial charge < -0.3 is 10.8 Å². The number of carboxylic acids is 1. The Morgan fingerprint density at radius 2 is 2.42 bits per heavy atom. The average molecular weight is 231 g/mol. The summed E-state index contributed by atoms with van der Waals surface area (Å²) < 4.78 is 0.768. The first-order chi connectivity index (χ1) is 5.61. The minimum Gasteiger partial charge on any atom is -0.480 e. The van der Waals surface area contributed by atoms with Crippen molar-refractivity contribution in [3.63, 3.8) is 0 Å². The molecule has 0 aromatic carbocycles. The third-order valence-electron chi connectivity index (χ3n) is 1.33. The van der Waals surface area contributed by atoms with E-state index < -0.39 is 12.0 Å². The Balaban J connectivity index is 2.95. The highest BCUT2D eigenvalue weighted by Gasteiger charge is 2.15. The molecule has 3 N–H and O–H groups in total. The van der Waals surface area contributed by atoms with Crippen LogP contribution in [0.1, 0.15) is 11.7 Å². The minimum absolute atomic E-state index is 0.344. The van der Waals surface area contributed by atoms with Crippen LogP contribution < -0.4 is 5.73 Å². The summed E-state index contributed by atoms with van der Waals surface area (Å²) in [6.07, 6.45) is 1.50. The van der Waals surface area contributed by atoms with Crippen molar-refractivity contribution in [2.24, 2.45) is 5.73 Å². The summed E-state index contributed by atoms with van der Waals surface area (Å²) >= 11 is 3.19. The lowest BCUT2D eigenvalue weighted by atomic mass is 10.2. The van der Waals surface area contributed by atoms with Gasteiger partial charge in [-0.2, -0.15) is 0 Å². The van der Waals surface area contributed by atoms with E-state index in [9.17, 15) is 4.79 Å². The SMILES string of the molecule is N[C@@H](C(=O)O)c1cc(Br)ccn1. The number of halogens is 1. The number of hydrogen-bond donors (Lipinski definition) is 2. The van der Waals surface area contributed by atoms with Crippen LogP contribution in [-0.2, 0) is 4.79 Å². The van der Waals surface area contributed by atoms with Crippen molar-refractivity contribution in [2.45, 2.75) is 6.04 Å². The molecule has 4 nitrogen and oxygen atoms in total. The summed E-state index contributed by atoms with van der Waals surface area (Å²) in [4.78, 5) is 14.3. The molecule has 0 bridgehead atoms. The smallest absolute Gasteiger partial charge is 0.326 e. The van der Waals surface area contributed by atoms with Gasteiger partial charge in [0.1, 0.15) is 6.04 Å². The van der Waals surface area contributed by atoms with Crippen molar-refractivity contribution >= 4 is 21.9 Å². The zero-order chi connectivity index (χ0) is 9.14. The number of aliphatic carboxylic acids is 1. The van der Waals surface area contributed by atoms with Gasteiger partial charge in [0.25, 0.3) is 0 Å². The Morgan fingerprint density at radius 3 is 2.92 bits per heavy atom. The predicted molar refractivity (Wildman–Crippen MR) is 46.5 cm³/mol. The molecule has 0 saturated carbocycles. The number of carboxylic acid groups (broad SMARTS) is 1. The standard InChI is InChI=1S/C7H7BrN2O2/c8-4-1-2-10-5(3-4)6(9)7(11)12/h1-3,6H,9H2,(H,11,12)/t6-/m1/s1. The lowest BCUT2D eigenvalue weighted by molar-refractivity contribution is -0.138. The molecule has 1 aromatic heterocycles. The quantitative estimate of drug-likeness (QED) is 0.793. The first-order valence-electron chi connectivity index (χ1n) is 3.21. The molecule has 0 fully saturated rings. The van der Waals surface area contributed by atoms with Gasteiger partial charge in [0.2, 0.25) is 0 Å². The van der Waals surface area contributed by atoms with Crippen LogP contribution in [0.2, 0.25) is 0 Å². The molecule has 1 atom stereocenters. The monoisotopic (exact) mass is 230 g/mol. The summed E-state index contributed by atoms with van der Waals surface area (Å²) in [7, 11) is 0. The predicted octanol–water partition coefficient (Wildman–Crippen LogP) is 0.929. The maximum atomic E-state index is 10.4. The van der Waals surface area contributed by atoms with Gasteiger partial charge in [-0.3, -0.25) is 9.78 Å². The largest absolute Gasteiger partial charge is 0.480 e. The Labute approximate surface area is 77.5 Å². The Morgan fingerprint density at radius 1 is 1.75 bits per heavy atom. The fourth-order valence-corrected chi connectivity index (χ4v) is 1.07. The molecule has 0 spiro atoms. The molecule has 1 aromatic rings. The van der Waals surface area contributed by atoms with Crippen molar-refractivity contribution in [1.29, 1.82) is 0 Å². The van der Waals surface area contributed by atoms with E-state index in [2.05, 4.69) is 20.9 Å². The number of nitrogens with zero attached hydrogens (tertiary/aromatic N) is 1. The lowest BCUT2D eigenvalue weighted by Crippen LogP contribution is -2.21. The molecule has 1 rings (SSSR count). The first-order valence-corrected chi connectivity index (χ1v) is 4.00. The number of pyridine rings is 1. The Hall–Kier alpha value is -0.940. The highest BCUT2D eigenvalue weighted by atomic mass is 79.9. The molecule has 0 radical (unpaired) electrons. The van der Waals surface area contributed by atoms with Crippen molar-refractivity contribution in [2.75, 3.05) is 0 Å². The van der Waals surface area contributed by atoms with Crippen LogP contribution in [0, 0.1) is 0 Å². The van der Waals surface area contributed by atoms with Crippen LogP contribution in [-0.4, -0.2) is 16.1 Å². The van der Waals surface area contributed by atoms with Crippen LogP contribution in [0.25, 0.3) is 0 Å². The topological polar surface area (TPSA) is 76.2 Å². The fraction of sp³-hybridized carbons (Fsp3) is 0.143. The van der Waals surface area contributed by atoms with Gasteiger partial charge in [-0.05, 0) is 12.1 Å². The highest BCUT2D eigenvalue weighted by Crippen LogP contribution is 2.13. The van der Waals surface area contributed by atoms with Crippen molar-refractivity contribution in [1.82, 2.24) is 4.98 Å². The number of hydrogen-bond acceptors (Lipinski definition) is 3. The molecule has 0 saturated heterocycles. The van der Waals surface area contributed by atoms with Crippen molar-refractivity contribution in [3.8, 4) is 0 Å². The number of aromatic nitrogens is 1. The normalized spacial score (nSPS) is 12.5. The fourth-order valence-electron chi connectivity index (χ4n) is 0.718. The molecular weight excluding hydrogens is 224 g/mol. The van der Waals surface area contributed by atoms with E-state index in [1.54, 1.807) is 12.1 Å². The van der Waals surface area contributed by atoms with Gasteiger partial charge in [-0.1, -0.05) is 15.9 Å². The highest BCUT2D eigenvalue weighted by molar-refractivity contribution is 9.10. The van der Waals surface area contributed by atoms with Gasteiger partial charge >= 0.3 is 5.97 Å². The molecule has 12 heavy (non-hydrogen) atoms. The van der Waals surface area contributed by atoms with Gasteiger partial charge in [0, 0.05) is 10.7 Å². The van der Waals surface area contributed by atoms with E-state index in [0.717, 1.165) is 4.47 Å². The molecule has 0 unspecified atom stereocenters. The van der Waals surface area contributed by atoms with Gasteiger partial charge in [-0.15, -0.1) is 0 Å². The second kappa shape index (κ2) is 3.64. The Kier molecular flexibility index (Phi) is 2.78. The van der Waals surface area contributed by atoms with Gasteiger partial charge in [0.15, 0.2) is 0 Å². The second-order valence-corrected chi connectivity index (χ2v) is 3.13. The average Bonchev–Trinajstić information content (AvgIpc) is 2.03. The molecule has 0 aliphatic rings. The zero-order valence-corrected chi connectivity index (χ0v) is 7.65.